The number of urea groups is 1. The van der Waals surface area contributed by atoms with E-state index in [1.807, 2.05) is 37.3 Å². The summed E-state index contributed by atoms with van der Waals surface area (Å²) in [5, 5.41) is 10.8. The van der Waals surface area contributed by atoms with Crippen molar-refractivity contribution in [3.8, 4) is 16.9 Å². The Morgan fingerprint density at radius 2 is 1.85 bits per heavy atom. The van der Waals surface area contributed by atoms with E-state index < -0.39 is 35.8 Å². The van der Waals surface area contributed by atoms with Gasteiger partial charge in [-0.3, -0.25) is 5.32 Å². The number of hydrogen-bond acceptors (Lipinski definition) is 9. The number of amides is 3. The summed E-state index contributed by atoms with van der Waals surface area (Å²) in [5.74, 6) is -0.0369. The van der Waals surface area contributed by atoms with Crippen LogP contribution in [0.25, 0.3) is 16.9 Å². The smallest absolute Gasteiger partial charge is 0.416 e. The molecule has 14 heteroatoms. The molecule has 0 bridgehead atoms. The van der Waals surface area contributed by atoms with Crippen LogP contribution >= 0.6 is 0 Å². The number of pyridine rings is 1. The minimum absolute atomic E-state index is 0.159. The van der Waals surface area contributed by atoms with Crippen molar-refractivity contribution in [2.24, 2.45) is 0 Å². The van der Waals surface area contributed by atoms with Crippen molar-refractivity contribution in [1.82, 2.24) is 30.0 Å². The average Bonchev–Trinajstić information content (AvgIpc) is 3.59. The van der Waals surface area contributed by atoms with Crippen LogP contribution in [0.2, 0.25) is 0 Å². The number of carbonyl (C=O) groups is 2. The lowest BCUT2D eigenvalue weighted by molar-refractivity contribution is 0.0210. The van der Waals surface area contributed by atoms with Crippen LogP contribution in [-0.4, -0.2) is 75.4 Å². The molecule has 3 amide bonds. The van der Waals surface area contributed by atoms with Crippen molar-refractivity contribution in [3.63, 3.8) is 0 Å². The number of anilines is 2. The fourth-order valence-electron chi connectivity index (χ4n) is 5.25. The van der Waals surface area contributed by atoms with E-state index in [-0.39, 0.29) is 12.1 Å². The zero-order chi connectivity index (χ0) is 33.7. The maximum atomic E-state index is 14.0. The van der Waals surface area contributed by atoms with E-state index in [0.29, 0.717) is 53.3 Å². The van der Waals surface area contributed by atoms with Crippen molar-refractivity contribution in [2.45, 2.75) is 64.4 Å². The van der Waals surface area contributed by atoms with Gasteiger partial charge in [-0.05, 0) is 70.4 Å². The number of aromatic nitrogens is 5. The third kappa shape index (κ3) is 8.07. The third-order valence-corrected chi connectivity index (χ3v) is 7.49. The SMILES string of the molecule is COCC[C@@H]1C[C@@H](NC(=O)Nc2c(C)c(-c3cnc(N(C)C(=O)OC(C)(C)C)nc3)nn2-c2ccccc2)[C@H](c2ccnc(F)c2)O1. The molecule has 0 aliphatic carbocycles. The normalized spacial score (nSPS) is 17.7. The highest BCUT2D eigenvalue weighted by atomic mass is 19.1. The number of benzene rings is 1. The van der Waals surface area contributed by atoms with Crippen LogP contribution in [-0.2, 0) is 14.2 Å². The molecule has 4 heterocycles. The molecule has 0 unspecified atom stereocenters. The lowest BCUT2D eigenvalue weighted by atomic mass is 10.0. The van der Waals surface area contributed by atoms with Crippen molar-refractivity contribution in [2.75, 3.05) is 31.0 Å². The summed E-state index contributed by atoms with van der Waals surface area (Å²) in [6, 6.07) is 11.4. The Morgan fingerprint density at radius 3 is 2.51 bits per heavy atom. The zero-order valence-electron chi connectivity index (χ0n) is 27.2. The van der Waals surface area contributed by atoms with Gasteiger partial charge in [0.25, 0.3) is 0 Å². The molecular weight excluding hydrogens is 607 g/mol. The molecule has 47 heavy (non-hydrogen) atoms. The van der Waals surface area contributed by atoms with Crippen molar-refractivity contribution in [3.05, 3.63) is 78.1 Å². The number of carbonyl (C=O) groups excluding carboxylic acids is 2. The molecular formula is C33H39FN8O5. The van der Waals surface area contributed by atoms with Gasteiger partial charge in [0.05, 0.1) is 17.8 Å². The highest BCUT2D eigenvalue weighted by Gasteiger charge is 2.37. The van der Waals surface area contributed by atoms with Gasteiger partial charge in [0.2, 0.25) is 11.9 Å². The van der Waals surface area contributed by atoms with E-state index in [0.717, 1.165) is 0 Å². The van der Waals surface area contributed by atoms with Gasteiger partial charge in [-0.2, -0.15) is 9.49 Å². The molecule has 1 aliphatic heterocycles. The highest BCUT2D eigenvalue weighted by Crippen LogP contribution is 2.35. The van der Waals surface area contributed by atoms with Gasteiger partial charge in [-0.1, -0.05) is 18.2 Å². The first-order valence-electron chi connectivity index (χ1n) is 15.2. The monoisotopic (exact) mass is 646 g/mol. The summed E-state index contributed by atoms with van der Waals surface area (Å²) in [6.07, 6.45) is 4.28. The second-order valence-electron chi connectivity index (χ2n) is 12.2. The minimum atomic E-state index is -0.670. The van der Waals surface area contributed by atoms with Gasteiger partial charge in [0.15, 0.2) is 0 Å². The van der Waals surface area contributed by atoms with Crippen LogP contribution in [0, 0.1) is 12.9 Å². The zero-order valence-corrected chi connectivity index (χ0v) is 27.2. The Bertz CT molecular complexity index is 1690. The number of para-hydroxylation sites is 1. The number of rotatable bonds is 9. The predicted molar refractivity (Wildman–Crippen MR) is 173 cm³/mol. The van der Waals surface area contributed by atoms with E-state index >= 15 is 0 Å². The molecule has 0 saturated carbocycles. The first kappa shape index (κ1) is 33.4. The van der Waals surface area contributed by atoms with Crippen molar-refractivity contribution in [1.29, 1.82) is 0 Å². The fourth-order valence-corrected chi connectivity index (χ4v) is 5.25. The Kier molecular flexibility index (Phi) is 10.1. The second-order valence-corrected chi connectivity index (χ2v) is 12.2. The molecule has 1 aliphatic rings. The first-order chi connectivity index (χ1) is 22.4. The number of halogens is 1. The molecule has 3 aromatic heterocycles. The highest BCUT2D eigenvalue weighted by molar-refractivity contribution is 5.91. The van der Waals surface area contributed by atoms with Crippen molar-refractivity contribution < 1.29 is 28.2 Å². The summed E-state index contributed by atoms with van der Waals surface area (Å²) in [5.41, 5.74) is 2.40. The van der Waals surface area contributed by atoms with Crippen LogP contribution < -0.4 is 15.5 Å². The Hall–Kier alpha value is -4.95. The number of nitrogens with zero attached hydrogens (tertiary/aromatic N) is 6. The minimum Gasteiger partial charge on any atom is -0.443 e. The summed E-state index contributed by atoms with van der Waals surface area (Å²) in [7, 11) is 3.15. The maximum Gasteiger partial charge on any atom is 0.416 e. The van der Waals surface area contributed by atoms with Crippen LogP contribution in [0.15, 0.2) is 61.1 Å². The fraction of sp³-hybridized carbons (Fsp3) is 0.394. The maximum absolute atomic E-state index is 14.0. The van der Waals surface area contributed by atoms with Crippen molar-refractivity contribution >= 4 is 23.9 Å². The third-order valence-electron chi connectivity index (χ3n) is 7.49. The summed E-state index contributed by atoms with van der Waals surface area (Å²) < 4.78 is 32.5. The molecule has 5 rings (SSSR count). The Balaban J connectivity index is 1.40. The molecule has 1 fully saturated rings. The van der Waals surface area contributed by atoms with Gasteiger partial charge in [-0.15, -0.1) is 0 Å². The molecule has 13 nitrogen and oxygen atoms in total. The molecule has 248 valence electrons. The predicted octanol–water partition coefficient (Wildman–Crippen LogP) is 5.60. The quantitative estimate of drug-likeness (QED) is 0.222. The van der Waals surface area contributed by atoms with E-state index in [1.165, 1.54) is 24.2 Å². The lowest BCUT2D eigenvalue weighted by Crippen LogP contribution is -2.40. The standard InChI is InChI=1S/C33H39FN8O5/c1-20-27(22-18-36-30(37-19-22)41(5)32(44)47-33(2,3)4)40-42(23-10-8-7-9-11-23)29(20)39-31(43)38-25-17-24(13-15-45-6)46-28(25)21-12-14-35-26(34)16-21/h7-12,14,16,18-19,24-25,28H,13,15,17H2,1-6H3,(H2,38,39,43)/t24-,25-,28+/m1/s1. The molecule has 0 radical (unpaired) electrons. The second kappa shape index (κ2) is 14.2. The first-order valence-corrected chi connectivity index (χ1v) is 15.2. The van der Waals surface area contributed by atoms with Gasteiger partial charge in [0, 0.05) is 50.5 Å². The average molecular weight is 647 g/mol. The van der Waals surface area contributed by atoms with Crippen LogP contribution in [0.3, 0.4) is 0 Å². The van der Waals surface area contributed by atoms with Gasteiger partial charge >= 0.3 is 12.1 Å². The van der Waals surface area contributed by atoms with E-state index in [1.54, 1.807) is 51.0 Å². The topological polar surface area (TPSA) is 146 Å². The molecule has 3 atom stereocenters. The molecule has 1 aromatic carbocycles. The molecule has 4 aromatic rings. The van der Waals surface area contributed by atoms with E-state index in [4.69, 9.17) is 19.3 Å². The number of hydrogen-bond donors (Lipinski definition) is 2. The summed E-state index contributed by atoms with van der Waals surface area (Å²) >= 11 is 0. The summed E-state index contributed by atoms with van der Waals surface area (Å²) in [6.45, 7) is 7.66. The summed E-state index contributed by atoms with van der Waals surface area (Å²) in [4.78, 5) is 39.7. The Morgan fingerprint density at radius 1 is 1.13 bits per heavy atom. The van der Waals surface area contributed by atoms with E-state index in [2.05, 4.69) is 25.6 Å². The van der Waals surface area contributed by atoms with Gasteiger partial charge in [-0.25, -0.2) is 34.1 Å². The molecule has 1 saturated heterocycles. The van der Waals surface area contributed by atoms with Gasteiger partial charge < -0.3 is 19.5 Å². The number of ether oxygens (including phenoxy) is 3. The molecule has 2 N–H and O–H groups in total. The van der Waals surface area contributed by atoms with Crippen LogP contribution in [0.1, 0.15) is 50.8 Å². The van der Waals surface area contributed by atoms with Crippen LogP contribution in [0.5, 0.6) is 0 Å². The Labute approximate surface area is 272 Å². The molecule has 0 spiro atoms. The van der Waals surface area contributed by atoms with Crippen LogP contribution in [0.4, 0.5) is 25.7 Å². The lowest BCUT2D eigenvalue weighted by Gasteiger charge is -2.23. The number of methoxy groups -OCH3 is 1. The van der Waals surface area contributed by atoms with E-state index in [9.17, 15) is 14.0 Å². The largest absolute Gasteiger partial charge is 0.443 e. The van der Waals surface area contributed by atoms with Gasteiger partial charge in [0.1, 0.15) is 23.2 Å². The number of nitrogens with one attached hydrogen (secondary N) is 2.